The Bertz CT molecular complexity index is 905. The van der Waals surface area contributed by atoms with E-state index in [4.69, 9.17) is 4.74 Å². The normalized spacial score (nSPS) is 17.6. The summed E-state index contributed by atoms with van der Waals surface area (Å²) in [5.41, 5.74) is 1.86. The predicted octanol–water partition coefficient (Wildman–Crippen LogP) is 3.36. The molecule has 1 aliphatic heterocycles. The van der Waals surface area contributed by atoms with Gasteiger partial charge in [0.15, 0.2) is 9.84 Å². The van der Waals surface area contributed by atoms with Crippen LogP contribution in [0.25, 0.3) is 0 Å². The van der Waals surface area contributed by atoms with Crippen LogP contribution in [0.5, 0.6) is 5.75 Å². The van der Waals surface area contributed by atoms with E-state index >= 15 is 0 Å². The Morgan fingerprint density at radius 3 is 2.41 bits per heavy atom. The molecule has 1 atom stereocenters. The molecule has 0 bridgehead atoms. The van der Waals surface area contributed by atoms with Crippen LogP contribution < -0.4 is 9.64 Å². The van der Waals surface area contributed by atoms with Gasteiger partial charge in [0.05, 0.1) is 18.9 Å². The maximum Gasteiger partial charge on any atom is 0.227 e. The SMILES string of the molecule is COc1ccc(N(C(=O)CCCc2ccccc2)[C@H]2C=CS(=O)(=O)C2)cc1. The van der Waals surface area contributed by atoms with Gasteiger partial charge in [-0.3, -0.25) is 4.79 Å². The second kappa shape index (κ2) is 8.39. The number of benzene rings is 2. The maximum atomic E-state index is 13.0. The van der Waals surface area contributed by atoms with Crippen LogP contribution in [0.15, 0.2) is 66.1 Å². The molecular formula is C21H23NO4S. The molecule has 0 fully saturated rings. The lowest BCUT2D eigenvalue weighted by Gasteiger charge is -2.28. The van der Waals surface area contributed by atoms with Gasteiger partial charge in [-0.05, 0) is 48.7 Å². The molecule has 2 aromatic carbocycles. The number of anilines is 1. The lowest BCUT2D eigenvalue weighted by molar-refractivity contribution is -0.118. The predicted molar refractivity (Wildman–Crippen MR) is 107 cm³/mol. The molecule has 1 amide bonds. The first-order chi connectivity index (χ1) is 13.0. The van der Waals surface area contributed by atoms with E-state index in [9.17, 15) is 13.2 Å². The zero-order valence-electron chi connectivity index (χ0n) is 15.2. The van der Waals surface area contributed by atoms with Crippen LogP contribution in [0, 0.1) is 0 Å². The van der Waals surface area contributed by atoms with Crippen LogP contribution in [-0.4, -0.2) is 33.2 Å². The second-order valence-electron chi connectivity index (χ2n) is 6.53. The van der Waals surface area contributed by atoms with Crippen molar-refractivity contribution in [2.75, 3.05) is 17.8 Å². The summed E-state index contributed by atoms with van der Waals surface area (Å²) >= 11 is 0. The molecule has 0 radical (unpaired) electrons. The highest BCUT2D eigenvalue weighted by Gasteiger charge is 2.31. The summed E-state index contributed by atoms with van der Waals surface area (Å²) < 4.78 is 28.9. The van der Waals surface area contributed by atoms with Gasteiger partial charge in [0, 0.05) is 17.5 Å². The third-order valence-electron chi connectivity index (χ3n) is 4.56. The van der Waals surface area contributed by atoms with Crippen molar-refractivity contribution in [3.8, 4) is 5.75 Å². The Balaban J connectivity index is 1.74. The van der Waals surface area contributed by atoms with Crippen LogP contribution in [0.3, 0.4) is 0 Å². The van der Waals surface area contributed by atoms with Gasteiger partial charge in [0.1, 0.15) is 5.75 Å². The molecule has 6 heteroatoms. The fraction of sp³-hybridized carbons (Fsp3) is 0.286. The highest BCUT2D eigenvalue weighted by molar-refractivity contribution is 7.94. The van der Waals surface area contributed by atoms with Gasteiger partial charge in [-0.1, -0.05) is 30.3 Å². The van der Waals surface area contributed by atoms with Gasteiger partial charge in [0.2, 0.25) is 5.91 Å². The number of carbonyl (C=O) groups is 1. The smallest absolute Gasteiger partial charge is 0.227 e. The van der Waals surface area contributed by atoms with Crippen LogP contribution in [0.2, 0.25) is 0 Å². The molecule has 0 aromatic heterocycles. The number of amides is 1. The Morgan fingerprint density at radius 2 is 1.81 bits per heavy atom. The molecule has 3 rings (SSSR count). The average molecular weight is 385 g/mol. The molecule has 0 N–H and O–H groups in total. The number of hydrogen-bond donors (Lipinski definition) is 0. The fourth-order valence-corrected chi connectivity index (χ4v) is 4.46. The largest absolute Gasteiger partial charge is 0.497 e. The van der Waals surface area contributed by atoms with Crippen molar-refractivity contribution in [1.29, 1.82) is 0 Å². The minimum Gasteiger partial charge on any atom is -0.497 e. The van der Waals surface area contributed by atoms with E-state index in [-0.39, 0.29) is 11.7 Å². The van der Waals surface area contributed by atoms with Crippen molar-refractivity contribution in [2.45, 2.75) is 25.3 Å². The molecule has 0 saturated heterocycles. The summed E-state index contributed by atoms with van der Waals surface area (Å²) in [4.78, 5) is 14.5. The monoisotopic (exact) mass is 385 g/mol. The highest BCUT2D eigenvalue weighted by atomic mass is 32.2. The molecule has 2 aromatic rings. The second-order valence-corrected chi connectivity index (χ2v) is 8.46. The summed E-state index contributed by atoms with van der Waals surface area (Å²) in [7, 11) is -1.68. The quantitative estimate of drug-likeness (QED) is 0.733. The number of sulfone groups is 1. The summed E-state index contributed by atoms with van der Waals surface area (Å²) in [5, 5.41) is 1.20. The first kappa shape index (κ1) is 19.2. The zero-order valence-corrected chi connectivity index (χ0v) is 16.1. The number of hydrogen-bond acceptors (Lipinski definition) is 4. The molecule has 0 saturated carbocycles. The molecule has 27 heavy (non-hydrogen) atoms. The number of aryl methyl sites for hydroxylation is 1. The van der Waals surface area contributed by atoms with Crippen molar-refractivity contribution in [3.05, 3.63) is 71.6 Å². The first-order valence-corrected chi connectivity index (χ1v) is 10.6. The lowest BCUT2D eigenvalue weighted by atomic mass is 10.1. The van der Waals surface area contributed by atoms with E-state index in [1.54, 1.807) is 42.4 Å². The maximum absolute atomic E-state index is 13.0. The molecule has 0 spiro atoms. The Hall–Kier alpha value is -2.60. The molecule has 142 valence electrons. The van der Waals surface area contributed by atoms with Crippen LogP contribution in [-0.2, 0) is 21.1 Å². The number of ether oxygens (including phenoxy) is 1. The van der Waals surface area contributed by atoms with E-state index < -0.39 is 15.9 Å². The lowest BCUT2D eigenvalue weighted by Crippen LogP contribution is -2.41. The van der Waals surface area contributed by atoms with Crippen LogP contribution >= 0.6 is 0 Å². The standard InChI is InChI=1S/C21H23NO4S/c1-26-20-12-10-18(11-13-20)22(19-14-15-27(24,25)16-19)21(23)9-5-8-17-6-3-2-4-7-17/h2-4,6-7,10-15,19H,5,8-9,16H2,1H3/t19-/m0/s1. The number of nitrogens with zero attached hydrogens (tertiary/aromatic N) is 1. The molecule has 0 aliphatic carbocycles. The molecule has 1 heterocycles. The Morgan fingerprint density at radius 1 is 1.11 bits per heavy atom. The molecular weight excluding hydrogens is 362 g/mol. The Kier molecular flexibility index (Phi) is 5.96. The third-order valence-corrected chi connectivity index (χ3v) is 5.94. The molecule has 5 nitrogen and oxygen atoms in total. The van der Waals surface area contributed by atoms with Gasteiger partial charge in [-0.2, -0.15) is 0 Å². The number of rotatable bonds is 7. The third kappa shape index (κ3) is 4.98. The van der Waals surface area contributed by atoms with E-state index in [0.717, 1.165) is 6.42 Å². The minimum atomic E-state index is -3.26. The fourth-order valence-electron chi connectivity index (χ4n) is 3.19. The van der Waals surface area contributed by atoms with Gasteiger partial charge < -0.3 is 9.64 Å². The number of carbonyl (C=O) groups excluding carboxylic acids is 1. The van der Waals surface area contributed by atoms with Crippen molar-refractivity contribution in [3.63, 3.8) is 0 Å². The van der Waals surface area contributed by atoms with Gasteiger partial charge in [-0.25, -0.2) is 8.42 Å². The van der Waals surface area contributed by atoms with E-state index in [1.807, 2.05) is 30.3 Å². The highest BCUT2D eigenvalue weighted by Crippen LogP contribution is 2.26. The topological polar surface area (TPSA) is 63.7 Å². The first-order valence-electron chi connectivity index (χ1n) is 8.89. The van der Waals surface area contributed by atoms with Crippen molar-refractivity contribution >= 4 is 21.4 Å². The van der Waals surface area contributed by atoms with Crippen molar-refractivity contribution in [2.24, 2.45) is 0 Å². The summed E-state index contributed by atoms with van der Waals surface area (Å²) in [6.07, 6.45) is 3.46. The summed E-state index contributed by atoms with van der Waals surface area (Å²) in [5.74, 6) is 0.524. The number of methoxy groups -OCH3 is 1. The van der Waals surface area contributed by atoms with E-state index in [0.29, 0.717) is 24.3 Å². The van der Waals surface area contributed by atoms with Crippen LogP contribution in [0.4, 0.5) is 5.69 Å². The molecule has 0 unspecified atom stereocenters. The zero-order chi connectivity index (χ0) is 19.3. The van der Waals surface area contributed by atoms with E-state index in [1.165, 1.54) is 11.0 Å². The summed E-state index contributed by atoms with van der Waals surface area (Å²) in [6.45, 7) is 0. The van der Waals surface area contributed by atoms with Gasteiger partial charge in [0.25, 0.3) is 0 Å². The molecule has 1 aliphatic rings. The van der Waals surface area contributed by atoms with Crippen LogP contribution in [0.1, 0.15) is 18.4 Å². The van der Waals surface area contributed by atoms with Crippen molar-refractivity contribution < 1.29 is 17.9 Å². The Labute approximate surface area is 160 Å². The van der Waals surface area contributed by atoms with Gasteiger partial charge in [-0.15, -0.1) is 0 Å². The van der Waals surface area contributed by atoms with Gasteiger partial charge >= 0.3 is 0 Å². The minimum absolute atomic E-state index is 0.0799. The van der Waals surface area contributed by atoms with Crippen molar-refractivity contribution in [1.82, 2.24) is 0 Å². The summed E-state index contributed by atoms with van der Waals surface area (Å²) in [6, 6.07) is 16.6. The average Bonchev–Trinajstić information content (AvgIpc) is 3.03. The van der Waals surface area contributed by atoms with E-state index in [2.05, 4.69) is 0 Å².